The number of anilines is 1. The van der Waals surface area contributed by atoms with E-state index in [1.54, 1.807) is 20.9 Å². The molecule has 2 rings (SSSR count). The summed E-state index contributed by atoms with van der Waals surface area (Å²) >= 11 is 6.12. The Balaban J connectivity index is 1.78. The molecule has 26 heavy (non-hydrogen) atoms. The molecule has 1 aromatic rings. The predicted octanol–water partition coefficient (Wildman–Crippen LogP) is 2.55. The summed E-state index contributed by atoms with van der Waals surface area (Å²) in [5.41, 5.74) is 1.73. The van der Waals surface area contributed by atoms with Crippen LogP contribution in [0.2, 0.25) is 5.02 Å². The summed E-state index contributed by atoms with van der Waals surface area (Å²) in [4.78, 5) is 26.1. The van der Waals surface area contributed by atoms with Crippen LogP contribution in [0, 0.1) is 18.3 Å². The number of benzene rings is 1. The fraction of sp³-hybridized carbons (Fsp3) is 0.579. The summed E-state index contributed by atoms with van der Waals surface area (Å²) < 4.78 is 0. The number of amides is 3. The number of halogens is 1. The van der Waals surface area contributed by atoms with E-state index in [2.05, 4.69) is 27.8 Å². The zero-order chi connectivity index (χ0) is 19.3. The molecule has 1 aliphatic rings. The van der Waals surface area contributed by atoms with Gasteiger partial charge in [0.05, 0.1) is 5.41 Å². The standard InChI is InChI=1S/C19H29ClN4O2/c1-13-5-6-15(20)9-16(13)24-8-7-14(11-24)10-22-18(26)23-12-19(2,3)17(25)21-4/h5-6,9,14H,7-8,10-12H2,1-4H3,(H,21,25)(H2,22,23,26). The van der Waals surface area contributed by atoms with E-state index in [1.807, 2.05) is 18.2 Å². The first-order chi connectivity index (χ1) is 12.2. The molecule has 0 bridgehead atoms. The van der Waals surface area contributed by atoms with Gasteiger partial charge in [-0.25, -0.2) is 4.79 Å². The van der Waals surface area contributed by atoms with Crippen molar-refractivity contribution in [2.24, 2.45) is 11.3 Å². The van der Waals surface area contributed by atoms with E-state index in [-0.39, 0.29) is 18.5 Å². The highest BCUT2D eigenvalue weighted by Crippen LogP contribution is 2.29. The van der Waals surface area contributed by atoms with Crippen molar-refractivity contribution in [1.82, 2.24) is 16.0 Å². The predicted molar refractivity (Wildman–Crippen MR) is 106 cm³/mol. The van der Waals surface area contributed by atoms with Gasteiger partial charge in [0, 0.05) is 43.9 Å². The molecule has 0 radical (unpaired) electrons. The smallest absolute Gasteiger partial charge is 0.314 e. The van der Waals surface area contributed by atoms with Gasteiger partial charge in [0.1, 0.15) is 0 Å². The Bertz CT molecular complexity index is 663. The molecule has 1 aromatic carbocycles. The van der Waals surface area contributed by atoms with Crippen molar-refractivity contribution in [2.45, 2.75) is 27.2 Å². The highest BCUT2D eigenvalue weighted by Gasteiger charge is 2.28. The van der Waals surface area contributed by atoms with Gasteiger partial charge in [0.2, 0.25) is 5.91 Å². The van der Waals surface area contributed by atoms with E-state index in [9.17, 15) is 9.59 Å². The van der Waals surface area contributed by atoms with Gasteiger partial charge in [-0.3, -0.25) is 4.79 Å². The first-order valence-electron chi connectivity index (χ1n) is 8.98. The number of urea groups is 1. The maximum absolute atomic E-state index is 12.0. The van der Waals surface area contributed by atoms with Gasteiger partial charge in [-0.05, 0) is 50.8 Å². The van der Waals surface area contributed by atoms with Gasteiger partial charge in [-0.2, -0.15) is 0 Å². The topological polar surface area (TPSA) is 73.5 Å². The lowest BCUT2D eigenvalue weighted by Crippen LogP contribution is -2.47. The Morgan fingerprint density at radius 1 is 1.31 bits per heavy atom. The van der Waals surface area contributed by atoms with Gasteiger partial charge >= 0.3 is 6.03 Å². The van der Waals surface area contributed by atoms with Crippen LogP contribution in [-0.2, 0) is 4.79 Å². The number of carbonyl (C=O) groups is 2. The zero-order valence-electron chi connectivity index (χ0n) is 16.0. The molecular formula is C19H29ClN4O2. The molecular weight excluding hydrogens is 352 g/mol. The third-order valence-corrected chi connectivity index (χ3v) is 5.12. The molecule has 0 spiro atoms. The summed E-state index contributed by atoms with van der Waals surface area (Å²) in [5, 5.41) is 9.05. The summed E-state index contributed by atoms with van der Waals surface area (Å²) in [6.07, 6.45) is 1.02. The molecule has 0 saturated carbocycles. The minimum atomic E-state index is -0.639. The van der Waals surface area contributed by atoms with Crippen LogP contribution in [0.25, 0.3) is 0 Å². The number of aryl methyl sites for hydroxylation is 1. The van der Waals surface area contributed by atoms with Crippen LogP contribution < -0.4 is 20.9 Å². The molecule has 0 aromatic heterocycles. The van der Waals surface area contributed by atoms with E-state index < -0.39 is 5.41 Å². The molecule has 144 valence electrons. The second-order valence-corrected chi connectivity index (χ2v) is 7.99. The fourth-order valence-corrected chi connectivity index (χ4v) is 3.33. The van der Waals surface area contributed by atoms with Crippen molar-refractivity contribution in [2.75, 3.05) is 38.1 Å². The second-order valence-electron chi connectivity index (χ2n) is 7.56. The normalized spacial score (nSPS) is 17.1. The fourth-order valence-electron chi connectivity index (χ4n) is 3.16. The molecule has 1 saturated heterocycles. The van der Waals surface area contributed by atoms with Crippen molar-refractivity contribution in [3.63, 3.8) is 0 Å². The van der Waals surface area contributed by atoms with E-state index >= 15 is 0 Å². The molecule has 7 heteroatoms. The van der Waals surface area contributed by atoms with Crippen LogP contribution in [0.1, 0.15) is 25.8 Å². The van der Waals surface area contributed by atoms with Gasteiger partial charge in [-0.15, -0.1) is 0 Å². The van der Waals surface area contributed by atoms with Gasteiger partial charge in [0.15, 0.2) is 0 Å². The SMILES string of the molecule is CNC(=O)C(C)(C)CNC(=O)NCC1CCN(c2cc(Cl)ccc2C)C1. The average Bonchev–Trinajstić information content (AvgIpc) is 3.08. The monoisotopic (exact) mass is 380 g/mol. The first kappa shape index (κ1) is 20.4. The lowest BCUT2D eigenvalue weighted by Gasteiger charge is -2.23. The summed E-state index contributed by atoms with van der Waals surface area (Å²) in [6.45, 7) is 8.44. The van der Waals surface area contributed by atoms with Crippen molar-refractivity contribution in [3.05, 3.63) is 28.8 Å². The van der Waals surface area contributed by atoms with E-state index in [0.717, 1.165) is 30.2 Å². The van der Waals surface area contributed by atoms with Crippen molar-refractivity contribution >= 4 is 29.2 Å². The maximum Gasteiger partial charge on any atom is 0.314 e. The van der Waals surface area contributed by atoms with Crippen molar-refractivity contribution < 1.29 is 9.59 Å². The van der Waals surface area contributed by atoms with Gasteiger partial charge < -0.3 is 20.9 Å². The lowest BCUT2D eigenvalue weighted by molar-refractivity contribution is -0.128. The van der Waals surface area contributed by atoms with Crippen LogP contribution in [0.15, 0.2) is 18.2 Å². The molecule has 1 unspecified atom stereocenters. The van der Waals surface area contributed by atoms with Crippen LogP contribution >= 0.6 is 11.6 Å². The Labute approximate surface area is 160 Å². The van der Waals surface area contributed by atoms with Gasteiger partial charge in [0.25, 0.3) is 0 Å². The molecule has 1 fully saturated rings. The van der Waals surface area contributed by atoms with Gasteiger partial charge in [-0.1, -0.05) is 17.7 Å². The Morgan fingerprint density at radius 3 is 2.73 bits per heavy atom. The summed E-state index contributed by atoms with van der Waals surface area (Å²) in [7, 11) is 1.59. The number of rotatable bonds is 6. The molecule has 3 N–H and O–H groups in total. The van der Waals surface area contributed by atoms with Crippen LogP contribution in [-0.4, -0.2) is 45.2 Å². The number of carbonyl (C=O) groups excluding carboxylic acids is 2. The molecule has 6 nitrogen and oxygen atoms in total. The van der Waals surface area contributed by atoms with Crippen LogP contribution in [0.3, 0.4) is 0 Å². The second kappa shape index (κ2) is 8.62. The number of nitrogens with one attached hydrogen (secondary N) is 3. The highest BCUT2D eigenvalue weighted by atomic mass is 35.5. The van der Waals surface area contributed by atoms with Crippen LogP contribution in [0.4, 0.5) is 10.5 Å². The minimum Gasteiger partial charge on any atom is -0.371 e. The third kappa shape index (κ3) is 5.27. The Morgan fingerprint density at radius 2 is 2.04 bits per heavy atom. The zero-order valence-corrected chi connectivity index (χ0v) is 16.7. The van der Waals surface area contributed by atoms with E-state index in [4.69, 9.17) is 11.6 Å². The van der Waals surface area contributed by atoms with E-state index in [0.29, 0.717) is 12.5 Å². The highest BCUT2D eigenvalue weighted by molar-refractivity contribution is 6.30. The molecule has 1 aliphatic heterocycles. The maximum atomic E-state index is 12.0. The van der Waals surface area contributed by atoms with Crippen molar-refractivity contribution in [1.29, 1.82) is 0 Å². The Kier molecular flexibility index (Phi) is 6.75. The Hall–Kier alpha value is -1.95. The van der Waals surface area contributed by atoms with E-state index in [1.165, 1.54) is 5.56 Å². The molecule has 0 aliphatic carbocycles. The lowest BCUT2D eigenvalue weighted by atomic mass is 9.92. The molecule has 3 amide bonds. The largest absolute Gasteiger partial charge is 0.371 e. The first-order valence-corrected chi connectivity index (χ1v) is 9.35. The summed E-state index contributed by atoms with van der Waals surface area (Å²) in [5.74, 6) is 0.298. The average molecular weight is 381 g/mol. The number of nitrogens with zero attached hydrogens (tertiary/aromatic N) is 1. The quantitative estimate of drug-likeness (QED) is 0.710. The summed E-state index contributed by atoms with van der Waals surface area (Å²) in [6, 6.07) is 5.70. The molecule has 1 atom stereocenters. The van der Waals surface area contributed by atoms with Crippen molar-refractivity contribution in [3.8, 4) is 0 Å². The third-order valence-electron chi connectivity index (χ3n) is 4.88. The molecule has 1 heterocycles. The van der Waals surface area contributed by atoms with Crippen LogP contribution in [0.5, 0.6) is 0 Å². The number of hydrogen-bond donors (Lipinski definition) is 3. The minimum absolute atomic E-state index is 0.0962. The number of hydrogen-bond acceptors (Lipinski definition) is 3.